The van der Waals surface area contributed by atoms with Crippen molar-refractivity contribution < 1.29 is 28.3 Å². The molecule has 0 saturated carbocycles. The summed E-state index contributed by atoms with van der Waals surface area (Å²) in [5.74, 6) is -2.03. The molecule has 0 radical (unpaired) electrons. The molecular formula is C21H20FN3O5. The predicted octanol–water partition coefficient (Wildman–Crippen LogP) is 2.44. The molecule has 0 unspecified atom stereocenters. The van der Waals surface area contributed by atoms with Crippen LogP contribution in [-0.2, 0) is 15.1 Å². The number of ether oxygens (including phenoxy) is 1. The van der Waals surface area contributed by atoms with Crippen molar-refractivity contribution in [3.8, 4) is 5.75 Å². The van der Waals surface area contributed by atoms with Gasteiger partial charge >= 0.3 is 6.03 Å². The van der Waals surface area contributed by atoms with Crippen LogP contribution in [0.5, 0.6) is 5.75 Å². The van der Waals surface area contributed by atoms with Crippen LogP contribution in [0.15, 0.2) is 42.5 Å². The average molecular weight is 413 g/mol. The molecule has 1 saturated heterocycles. The van der Waals surface area contributed by atoms with E-state index in [4.69, 9.17) is 4.74 Å². The molecule has 2 aromatic rings. The Bertz CT molecular complexity index is 1040. The van der Waals surface area contributed by atoms with Gasteiger partial charge in [0.1, 0.15) is 17.1 Å². The van der Waals surface area contributed by atoms with E-state index in [1.807, 2.05) is 0 Å². The van der Waals surface area contributed by atoms with Crippen LogP contribution in [0.2, 0.25) is 0 Å². The standard InChI is InChI=1S/C21H20FN3O5/c1-12(26)23-14-6-9-16(17(22)10-14)18(27)11-25-19(28)21(2,24-20(25)29)13-4-7-15(30-3)8-5-13/h4-10H,11H2,1-3H3,(H,23,26)(H,24,29)/t21-/m0/s1. The highest BCUT2D eigenvalue weighted by molar-refractivity contribution is 6.11. The van der Waals surface area contributed by atoms with Crippen molar-refractivity contribution >= 4 is 29.3 Å². The fourth-order valence-corrected chi connectivity index (χ4v) is 3.21. The van der Waals surface area contributed by atoms with Gasteiger partial charge in [0, 0.05) is 12.6 Å². The molecule has 0 spiro atoms. The molecule has 1 aliphatic rings. The lowest BCUT2D eigenvalue weighted by Gasteiger charge is -2.22. The van der Waals surface area contributed by atoms with Crippen molar-refractivity contribution in [3.63, 3.8) is 0 Å². The summed E-state index contributed by atoms with van der Waals surface area (Å²) in [4.78, 5) is 49.7. The quantitative estimate of drug-likeness (QED) is 0.559. The number of carbonyl (C=O) groups excluding carboxylic acids is 4. The van der Waals surface area contributed by atoms with Crippen molar-refractivity contribution in [3.05, 3.63) is 59.4 Å². The number of benzene rings is 2. The maximum absolute atomic E-state index is 14.3. The molecule has 156 valence electrons. The highest BCUT2D eigenvalue weighted by atomic mass is 19.1. The highest BCUT2D eigenvalue weighted by Crippen LogP contribution is 2.30. The van der Waals surface area contributed by atoms with E-state index in [-0.39, 0.29) is 17.2 Å². The molecule has 1 atom stereocenters. The first-order chi connectivity index (χ1) is 14.2. The Morgan fingerprint density at radius 2 is 1.83 bits per heavy atom. The van der Waals surface area contributed by atoms with E-state index in [0.29, 0.717) is 11.3 Å². The van der Waals surface area contributed by atoms with Crippen LogP contribution in [-0.4, -0.2) is 42.2 Å². The number of carbonyl (C=O) groups is 4. The molecule has 0 aromatic heterocycles. The van der Waals surface area contributed by atoms with Crippen molar-refractivity contribution in [2.24, 2.45) is 0 Å². The number of amides is 4. The number of urea groups is 1. The molecular weight excluding hydrogens is 393 g/mol. The second-order valence-electron chi connectivity index (χ2n) is 6.97. The van der Waals surface area contributed by atoms with Crippen LogP contribution in [0.25, 0.3) is 0 Å². The number of ketones is 1. The van der Waals surface area contributed by atoms with Crippen molar-refractivity contribution in [1.29, 1.82) is 0 Å². The third-order valence-corrected chi connectivity index (χ3v) is 4.83. The van der Waals surface area contributed by atoms with E-state index in [1.54, 1.807) is 24.3 Å². The minimum absolute atomic E-state index is 0.193. The Morgan fingerprint density at radius 3 is 2.40 bits per heavy atom. The lowest BCUT2D eigenvalue weighted by atomic mass is 9.92. The number of nitrogens with zero attached hydrogens (tertiary/aromatic N) is 1. The summed E-state index contributed by atoms with van der Waals surface area (Å²) in [6.45, 7) is 2.18. The number of imide groups is 1. The summed E-state index contributed by atoms with van der Waals surface area (Å²) in [6, 6.07) is 9.41. The smallest absolute Gasteiger partial charge is 0.325 e. The van der Waals surface area contributed by atoms with Gasteiger partial charge < -0.3 is 15.4 Å². The normalized spacial score (nSPS) is 18.2. The Kier molecular flexibility index (Phi) is 5.55. The summed E-state index contributed by atoms with van der Waals surface area (Å²) >= 11 is 0. The summed E-state index contributed by atoms with van der Waals surface area (Å²) < 4.78 is 19.4. The summed E-state index contributed by atoms with van der Waals surface area (Å²) in [6.07, 6.45) is 0. The van der Waals surface area contributed by atoms with Gasteiger partial charge in [0.25, 0.3) is 5.91 Å². The number of rotatable bonds is 6. The van der Waals surface area contributed by atoms with Crippen molar-refractivity contribution in [2.75, 3.05) is 19.0 Å². The minimum atomic E-state index is -1.36. The zero-order valence-electron chi connectivity index (χ0n) is 16.6. The Balaban J connectivity index is 1.79. The number of hydrogen-bond donors (Lipinski definition) is 2. The average Bonchev–Trinajstić information content (AvgIpc) is 2.91. The van der Waals surface area contributed by atoms with E-state index in [9.17, 15) is 23.6 Å². The van der Waals surface area contributed by atoms with Crippen LogP contribution in [0, 0.1) is 5.82 Å². The molecule has 30 heavy (non-hydrogen) atoms. The summed E-state index contributed by atoms with van der Waals surface area (Å²) in [5.41, 5.74) is -0.943. The number of anilines is 1. The SMILES string of the molecule is COc1ccc([C@]2(C)NC(=O)N(CC(=O)c3ccc(NC(C)=O)cc3F)C2=O)cc1. The number of nitrogens with one attached hydrogen (secondary N) is 2. The first-order valence-electron chi connectivity index (χ1n) is 9.04. The van der Waals surface area contributed by atoms with Crippen LogP contribution in [0.1, 0.15) is 29.8 Å². The van der Waals surface area contributed by atoms with Gasteiger partial charge in [0.15, 0.2) is 5.78 Å². The number of Topliss-reactive ketones (excluding diaryl/α,β-unsaturated/α-hetero) is 1. The van der Waals surface area contributed by atoms with Gasteiger partial charge in [-0.3, -0.25) is 19.3 Å². The maximum Gasteiger partial charge on any atom is 0.325 e. The number of halogens is 1. The van der Waals surface area contributed by atoms with Crippen LogP contribution >= 0.6 is 0 Å². The predicted molar refractivity (Wildman–Crippen MR) is 106 cm³/mol. The third kappa shape index (κ3) is 3.86. The fraction of sp³-hybridized carbons (Fsp3) is 0.238. The molecule has 1 heterocycles. The van der Waals surface area contributed by atoms with Gasteiger partial charge in [-0.1, -0.05) is 12.1 Å². The molecule has 4 amide bonds. The first-order valence-corrected chi connectivity index (χ1v) is 9.04. The molecule has 8 nitrogen and oxygen atoms in total. The zero-order chi connectivity index (χ0) is 22.1. The third-order valence-electron chi connectivity index (χ3n) is 4.83. The van der Waals surface area contributed by atoms with Crippen LogP contribution in [0.3, 0.4) is 0 Å². The largest absolute Gasteiger partial charge is 0.497 e. The van der Waals surface area contributed by atoms with Crippen molar-refractivity contribution in [1.82, 2.24) is 10.2 Å². The second kappa shape index (κ2) is 7.94. The molecule has 9 heteroatoms. The van der Waals surface area contributed by atoms with Crippen LogP contribution in [0.4, 0.5) is 14.9 Å². The number of hydrogen-bond acceptors (Lipinski definition) is 5. The molecule has 0 aliphatic carbocycles. The molecule has 0 bridgehead atoms. The topological polar surface area (TPSA) is 105 Å². The van der Waals surface area contributed by atoms with Gasteiger partial charge in [-0.05, 0) is 42.8 Å². The number of methoxy groups -OCH3 is 1. The van der Waals surface area contributed by atoms with Gasteiger partial charge in [0.2, 0.25) is 5.91 Å². The Labute approximate surface area is 172 Å². The molecule has 2 N–H and O–H groups in total. The van der Waals surface area contributed by atoms with Gasteiger partial charge in [0.05, 0.1) is 19.2 Å². The van der Waals surface area contributed by atoms with Gasteiger partial charge in [-0.15, -0.1) is 0 Å². The zero-order valence-corrected chi connectivity index (χ0v) is 16.6. The molecule has 1 fully saturated rings. The maximum atomic E-state index is 14.3. The van der Waals surface area contributed by atoms with E-state index in [0.717, 1.165) is 11.0 Å². The molecule has 1 aliphatic heterocycles. The second-order valence-corrected chi connectivity index (χ2v) is 6.97. The molecule has 2 aromatic carbocycles. The van der Waals surface area contributed by atoms with Gasteiger partial charge in [-0.2, -0.15) is 0 Å². The van der Waals surface area contributed by atoms with Gasteiger partial charge in [-0.25, -0.2) is 9.18 Å². The highest BCUT2D eigenvalue weighted by Gasteiger charge is 2.49. The first kappa shape index (κ1) is 21.0. The van der Waals surface area contributed by atoms with E-state index < -0.39 is 35.6 Å². The van der Waals surface area contributed by atoms with Crippen LogP contribution < -0.4 is 15.4 Å². The molecule has 3 rings (SSSR count). The monoisotopic (exact) mass is 413 g/mol. The Morgan fingerprint density at radius 1 is 1.17 bits per heavy atom. The van der Waals surface area contributed by atoms with E-state index in [1.165, 1.54) is 33.1 Å². The van der Waals surface area contributed by atoms with E-state index in [2.05, 4.69) is 10.6 Å². The summed E-state index contributed by atoms with van der Waals surface area (Å²) in [5, 5.41) is 5.00. The summed E-state index contributed by atoms with van der Waals surface area (Å²) in [7, 11) is 1.51. The Hall–Kier alpha value is -3.75. The minimum Gasteiger partial charge on any atom is -0.497 e. The van der Waals surface area contributed by atoms with Crippen molar-refractivity contribution in [2.45, 2.75) is 19.4 Å². The lowest BCUT2D eigenvalue weighted by Crippen LogP contribution is -2.41. The van der Waals surface area contributed by atoms with E-state index >= 15 is 0 Å². The fourth-order valence-electron chi connectivity index (χ4n) is 3.21. The lowest BCUT2D eigenvalue weighted by molar-refractivity contribution is -0.130.